The molecule has 2 aromatic rings. The molecule has 0 N–H and O–H groups in total. The molecule has 2 nitrogen and oxygen atoms in total. The van der Waals surface area contributed by atoms with Crippen molar-refractivity contribution in [1.29, 1.82) is 0 Å². The van der Waals surface area contributed by atoms with Gasteiger partial charge in [-0.15, -0.1) is 0 Å². The minimum absolute atomic E-state index is 0.205. The predicted molar refractivity (Wildman–Crippen MR) is 75.2 cm³/mol. The van der Waals surface area contributed by atoms with E-state index in [4.69, 9.17) is 9.47 Å². The molecule has 0 bridgehead atoms. The molecule has 0 aliphatic carbocycles. The second kappa shape index (κ2) is 5.45. The van der Waals surface area contributed by atoms with E-state index in [1.165, 1.54) is 11.1 Å². The van der Waals surface area contributed by atoms with Gasteiger partial charge in [0.05, 0.1) is 19.3 Å². The van der Waals surface area contributed by atoms with Crippen molar-refractivity contribution in [1.82, 2.24) is 0 Å². The van der Waals surface area contributed by atoms with E-state index in [0.29, 0.717) is 0 Å². The molecule has 3 rings (SSSR count). The standard InChI is InChI=1S/C17H18O2/c1-18-15-9-7-14(8-10-15)17-12-11-16(19-17)13-5-3-2-4-6-13/h2-10,16-17H,11-12H2,1H3. The maximum atomic E-state index is 6.17. The predicted octanol–water partition coefficient (Wildman–Crippen LogP) is 4.29. The molecular weight excluding hydrogens is 236 g/mol. The SMILES string of the molecule is COc1ccc(C2CCC(c3ccccc3)O2)cc1. The van der Waals surface area contributed by atoms with E-state index in [0.717, 1.165) is 18.6 Å². The summed E-state index contributed by atoms with van der Waals surface area (Å²) in [6, 6.07) is 18.6. The fourth-order valence-corrected chi connectivity index (χ4v) is 2.61. The molecule has 1 aliphatic rings. The highest BCUT2D eigenvalue weighted by atomic mass is 16.5. The summed E-state index contributed by atoms with van der Waals surface area (Å²) in [5.74, 6) is 0.890. The maximum absolute atomic E-state index is 6.17. The van der Waals surface area contributed by atoms with Gasteiger partial charge < -0.3 is 9.47 Å². The number of rotatable bonds is 3. The van der Waals surface area contributed by atoms with E-state index in [1.807, 2.05) is 18.2 Å². The van der Waals surface area contributed by atoms with E-state index >= 15 is 0 Å². The third-order valence-electron chi connectivity index (χ3n) is 3.68. The first kappa shape index (κ1) is 12.2. The fourth-order valence-electron chi connectivity index (χ4n) is 2.61. The van der Waals surface area contributed by atoms with Crippen LogP contribution in [0.1, 0.15) is 36.2 Å². The van der Waals surface area contributed by atoms with Crippen LogP contribution < -0.4 is 4.74 Å². The summed E-state index contributed by atoms with van der Waals surface area (Å²) in [5.41, 5.74) is 2.51. The summed E-state index contributed by atoms with van der Waals surface area (Å²) in [5, 5.41) is 0. The largest absolute Gasteiger partial charge is 0.497 e. The van der Waals surface area contributed by atoms with Crippen molar-refractivity contribution in [2.45, 2.75) is 25.0 Å². The topological polar surface area (TPSA) is 18.5 Å². The summed E-state index contributed by atoms with van der Waals surface area (Å²) in [7, 11) is 1.69. The molecule has 0 radical (unpaired) electrons. The molecule has 0 aromatic heterocycles. The molecule has 0 amide bonds. The smallest absolute Gasteiger partial charge is 0.118 e. The van der Waals surface area contributed by atoms with Crippen LogP contribution in [0.2, 0.25) is 0 Å². The molecule has 98 valence electrons. The van der Waals surface area contributed by atoms with Crippen LogP contribution in [0.15, 0.2) is 54.6 Å². The van der Waals surface area contributed by atoms with Gasteiger partial charge in [-0.3, -0.25) is 0 Å². The van der Waals surface area contributed by atoms with Gasteiger partial charge in [-0.2, -0.15) is 0 Å². The zero-order valence-corrected chi connectivity index (χ0v) is 11.1. The Kier molecular flexibility index (Phi) is 3.51. The second-order valence-corrected chi connectivity index (χ2v) is 4.87. The molecule has 2 unspecified atom stereocenters. The molecule has 1 heterocycles. The van der Waals surface area contributed by atoms with Crippen LogP contribution >= 0.6 is 0 Å². The van der Waals surface area contributed by atoms with Crippen molar-refractivity contribution in [3.05, 3.63) is 65.7 Å². The normalized spacial score (nSPS) is 22.4. The first-order chi connectivity index (χ1) is 9.36. The van der Waals surface area contributed by atoms with Gasteiger partial charge in [0.1, 0.15) is 5.75 Å². The van der Waals surface area contributed by atoms with Crippen molar-refractivity contribution in [3.8, 4) is 5.75 Å². The lowest BCUT2D eigenvalue weighted by molar-refractivity contribution is 0.0441. The average Bonchev–Trinajstić information content (AvgIpc) is 2.98. The number of hydrogen-bond acceptors (Lipinski definition) is 2. The van der Waals surface area contributed by atoms with Gasteiger partial charge >= 0.3 is 0 Å². The van der Waals surface area contributed by atoms with Gasteiger partial charge in [0.2, 0.25) is 0 Å². The number of methoxy groups -OCH3 is 1. The van der Waals surface area contributed by atoms with E-state index < -0.39 is 0 Å². The third-order valence-corrected chi connectivity index (χ3v) is 3.68. The zero-order valence-electron chi connectivity index (χ0n) is 11.1. The zero-order chi connectivity index (χ0) is 13.1. The van der Waals surface area contributed by atoms with Crippen LogP contribution in [-0.2, 0) is 4.74 Å². The van der Waals surface area contributed by atoms with E-state index in [-0.39, 0.29) is 12.2 Å². The van der Waals surface area contributed by atoms with Gasteiger partial charge in [0, 0.05) is 0 Å². The molecule has 1 saturated heterocycles. The Morgan fingerprint density at radius 3 is 2.00 bits per heavy atom. The van der Waals surface area contributed by atoms with E-state index in [2.05, 4.69) is 36.4 Å². The molecule has 19 heavy (non-hydrogen) atoms. The van der Waals surface area contributed by atoms with Crippen LogP contribution in [0.3, 0.4) is 0 Å². The Hall–Kier alpha value is -1.80. The van der Waals surface area contributed by atoms with Crippen molar-refractivity contribution in [3.63, 3.8) is 0 Å². The molecule has 2 atom stereocenters. The van der Waals surface area contributed by atoms with Crippen molar-refractivity contribution in [2.24, 2.45) is 0 Å². The van der Waals surface area contributed by atoms with Crippen LogP contribution in [0.4, 0.5) is 0 Å². The fraction of sp³-hybridized carbons (Fsp3) is 0.294. The van der Waals surface area contributed by atoms with Crippen molar-refractivity contribution >= 4 is 0 Å². The molecule has 0 saturated carbocycles. The third kappa shape index (κ3) is 2.64. The molecule has 0 spiro atoms. The van der Waals surface area contributed by atoms with Gasteiger partial charge in [0.15, 0.2) is 0 Å². The van der Waals surface area contributed by atoms with Crippen LogP contribution in [0.25, 0.3) is 0 Å². The highest BCUT2D eigenvalue weighted by Gasteiger charge is 2.27. The lowest BCUT2D eigenvalue weighted by Crippen LogP contribution is -1.99. The van der Waals surface area contributed by atoms with Crippen LogP contribution in [0.5, 0.6) is 5.75 Å². The monoisotopic (exact) mass is 254 g/mol. The molecule has 2 aromatic carbocycles. The van der Waals surface area contributed by atoms with Gasteiger partial charge in [-0.25, -0.2) is 0 Å². The molecule has 1 aliphatic heterocycles. The quantitative estimate of drug-likeness (QED) is 0.813. The van der Waals surface area contributed by atoms with Gasteiger partial charge in [0.25, 0.3) is 0 Å². The van der Waals surface area contributed by atoms with Gasteiger partial charge in [-0.1, -0.05) is 42.5 Å². The first-order valence-corrected chi connectivity index (χ1v) is 6.71. The Morgan fingerprint density at radius 2 is 1.42 bits per heavy atom. The van der Waals surface area contributed by atoms with Crippen molar-refractivity contribution < 1.29 is 9.47 Å². The Morgan fingerprint density at radius 1 is 0.842 bits per heavy atom. The summed E-state index contributed by atoms with van der Waals surface area (Å²) >= 11 is 0. The minimum atomic E-state index is 0.205. The Bertz CT molecular complexity index is 519. The summed E-state index contributed by atoms with van der Waals surface area (Å²) in [4.78, 5) is 0. The van der Waals surface area contributed by atoms with Gasteiger partial charge in [-0.05, 0) is 36.1 Å². The minimum Gasteiger partial charge on any atom is -0.497 e. The maximum Gasteiger partial charge on any atom is 0.118 e. The van der Waals surface area contributed by atoms with Crippen LogP contribution in [-0.4, -0.2) is 7.11 Å². The highest BCUT2D eigenvalue weighted by Crippen LogP contribution is 2.40. The Labute approximate surface area is 114 Å². The second-order valence-electron chi connectivity index (χ2n) is 4.87. The highest BCUT2D eigenvalue weighted by molar-refractivity contribution is 5.29. The average molecular weight is 254 g/mol. The lowest BCUT2D eigenvalue weighted by Gasteiger charge is -2.14. The Balaban J connectivity index is 1.71. The summed E-state index contributed by atoms with van der Waals surface area (Å²) < 4.78 is 11.3. The first-order valence-electron chi connectivity index (χ1n) is 6.71. The van der Waals surface area contributed by atoms with E-state index in [1.54, 1.807) is 7.11 Å². The molecular formula is C17H18O2. The number of ether oxygens (including phenoxy) is 2. The molecule has 2 heteroatoms. The number of hydrogen-bond donors (Lipinski definition) is 0. The number of benzene rings is 2. The summed E-state index contributed by atoms with van der Waals surface area (Å²) in [6.07, 6.45) is 2.59. The van der Waals surface area contributed by atoms with E-state index in [9.17, 15) is 0 Å². The van der Waals surface area contributed by atoms with Crippen molar-refractivity contribution in [2.75, 3.05) is 7.11 Å². The molecule has 1 fully saturated rings. The summed E-state index contributed by atoms with van der Waals surface area (Å²) in [6.45, 7) is 0. The van der Waals surface area contributed by atoms with Crippen LogP contribution in [0, 0.1) is 0 Å². The lowest BCUT2D eigenvalue weighted by atomic mass is 10.0.